The first-order valence-electron chi connectivity index (χ1n) is 9.20. The highest BCUT2D eigenvalue weighted by Crippen LogP contribution is 2.36. The monoisotopic (exact) mass is 470 g/mol. The van der Waals surface area contributed by atoms with Crippen LogP contribution in [0.5, 0.6) is 5.75 Å². The van der Waals surface area contributed by atoms with Crippen LogP contribution >= 0.6 is 34.5 Å². The SMILES string of the molecule is COc1cc(NC(=O)c2sc3ccccc3c2Cl)ccc1NC(=O)c1ccccc1Cl. The number of hydrogen-bond acceptors (Lipinski definition) is 4. The molecular formula is C23H16Cl2N2O3S. The van der Waals surface area contributed by atoms with Crippen LogP contribution in [0.1, 0.15) is 20.0 Å². The molecule has 4 aromatic rings. The van der Waals surface area contributed by atoms with Gasteiger partial charge in [-0.15, -0.1) is 11.3 Å². The van der Waals surface area contributed by atoms with Crippen LogP contribution in [0.25, 0.3) is 10.1 Å². The Bertz CT molecular complexity index is 1300. The zero-order valence-electron chi connectivity index (χ0n) is 16.2. The number of carbonyl (C=O) groups is 2. The van der Waals surface area contributed by atoms with Crippen LogP contribution in [0, 0.1) is 0 Å². The van der Waals surface area contributed by atoms with E-state index < -0.39 is 0 Å². The molecule has 0 radical (unpaired) electrons. The van der Waals surface area contributed by atoms with E-state index in [-0.39, 0.29) is 11.8 Å². The molecule has 0 spiro atoms. The average Bonchev–Trinajstić information content (AvgIpc) is 3.12. The van der Waals surface area contributed by atoms with Crippen LogP contribution < -0.4 is 15.4 Å². The van der Waals surface area contributed by atoms with Gasteiger partial charge in [0.05, 0.1) is 28.4 Å². The number of amides is 2. The minimum atomic E-state index is -0.363. The molecule has 5 nitrogen and oxygen atoms in total. The van der Waals surface area contributed by atoms with Crippen molar-refractivity contribution in [2.45, 2.75) is 0 Å². The Labute approximate surface area is 192 Å². The molecule has 31 heavy (non-hydrogen) atoms. The number of benzene rings is 3. The highest BCUT2D eigenvalue weighted by Gasteiger charge is 2.18. The maximum Gasteiger partial charge on any atom is 0.267 e. The van der Waals surface area contributed by atoms with Crippen molar-refractivity contribution in [2.75, 3.05) is 17.7 Å². The molecule has 4 rings (SSSR count). The van der Waals surface area contributed by atoms with Crippen molar-refractivity contribution in [1.82, 2.24) is 0 Å². The van der Waals surface area contributed by atoms with Gasteiger partial charge in [0.15, 0.2) is 0 Å². The predicted octanol–water partition coefficient (Wildman–Crippen LogP) is 6.72. The summed E-state index contributed by atoms with van der Waals surface area (Å²) in [6.45, 7) is 0. The number of fused-ring (bicyclic) bond motifs is 1. The summed E-state index contributed by atoms with van der Waals surface area (Å²) in [6.07, 6.45) is 0. The lowest BCUT2D eigenvalue weighted by atomic mass is 10.2. The molecule has 1 aromatic heterocycles. The van der Waals surface area contributed by atoms with E-state index in [0.717, 1.165) is 10.1 Å². The van der Waals surface area contributed by atoms with Crippen molar-refractivity contribution in [3.8, 4) is 5.75 Å². The highest BCUT2D eigenvalue weighted by molar-refractivity contribution is 7.21. The van der Waals surface area contributed by atoms with Crippen molar-refractivity contribution >= 4 is 67.8 Å². The van der Waals surface area contributed by atoms with Crippen molar-refractivity contribution in [1.29, 1.82) is 0 Å². The highest BCUT2D eigenvalue weighted by atomic mass is 35.5. The molecule has 156 valence electrons. The maximum absolute atomic E-state index is 12.8. The van der Waals surface area contributed by atoms with E-state index in [1.807, 2.05) is 24.3 Å². The Morgan fingerprint density at radius 3 is 2.39 bits per heavy atom. The van der Waals surface area contributed by atoms with Gasteiger partial charge < -0.3 is 15.4 Å². The third-order valence-electron chi connectivity index (χ3n) is 4.57. The summed E-state index contributed by atoms with van der Waals surface area (Å²) in [5.74, 6) is -0.292. The van der Waals surface area contributed by atoms with Gasteiger partial charge in [-0.2, -0.15) is 0 Å². The van der Waals surface area contributed by atoms with Crippen LogP contribution in [-0.4, -0.2) is 18.9 Å². The van der Waals surface area contributed by atoms with Gasteiger partial charge in [-0.3, -0.25) is 9.59 Å². The molecule has 3 aromatic carbocycles. The van der Waals surface area contributed by atoms with Crippen molar-refractivity contribution in [3.05, 3.63) is 87.2 Å². The van der Waals surface area contributed by atoms with Crippen LogP contribution in [0.15, 0.2) is 66.7 Å². The van der Waals surface area contributed by atoms with E-state index in [4.69, 9.17) is 27.9 Å². The fourth-order valence-corrected chi connectivity index (χ4v) is 4.69. The molecule has 0 fully saturated rings. The summed E-state index contributed by atoms with van der Waals surface area (Å²) in [7, 11) is 1.48. The molecule has 0 unspecified atom stereocenters. The molecule has 0 aliphatic rings. The van der Waals surface area contributed by atoms with E-state index in [0.29, 0.717) is 37.6 Å². The van der Waals surface area contributed by atoms with Gasteiger partial charge in [0, 0.05) is 21.8 Å². The van der Waals surface area contributed by atoms with Gasteiger partial charge in [0.25, 0.3) is 11.8 Å². The summed E-state index contributed by atoms with van der Waals surface area (Å²) in [6, 6.07) is 19.3. The van der Waals surface area contributed by atoms with E-state index in [1.165, 1.54) is 18.4 Å². The zero-order chi connectivity index (χ0) is 22.0. The number of methoxy groups -OCH3 is 1. The Morgan fingerprint density at radius 2 is 1.65 bits per heavy atom. The second kappa shape index (κ2) is 8.98. The first-order chi connectivity index (χ1) is 15.0. The van der Waals surface area contributed by atoms with Crippen LogP contribution in [0.4, 0.5) is 11.4 Å². The van der Waals surface area contributed by atoms with Gasteiger partial charge in [-0.1, -0.05) is 53.5 Å². The number of carbonyl (C=O) groups excluding carboxylic acids is 2. The van der Waals surface area contributed by atoms with Gasteiger partial charge in [-0.25, -0.2) is 0 Å². The number of hydrogen-bond donors (Lipinski definition) is 2. The van der Waals surface area contributed by atoms with Crippen LogP contribution in [0.2, 0.25) is 10.0 Å². The molecule has 0 saturated carbocycles. The summed E-state index contributed by atoms with van der Waals surface area (Å²) < 4.78 is 6.33. The van der Waals surface area contributed by atoms with Crippen molar-refractivity contribution < 1.29 is 14.3 Å². The quantitative estimate of drug-likeness (QED) is 0.340. The minimum Gasteiger partial charge on any atom is -0.494 e. The number of thiophene rings is 1. The minimum absolute atomic E-state index is 0.318. The fraction of sp³-hybridized carbons (Fsp3) is 0.0435. The van der Waals surface area contributed by atoms with E-state index >= 15 is 0 Å². The third-order valence-corrected chi connectivity index (χ3v) is 6.57. The normalized spacial score (nSPS) is 10.7. The molecular weight excluding hydrogens is 455 g/mol. The summed E-state index contributed by atoms with van der Waals surface area (Å²) >= 11 is 13.8. The lowest BCUT2D eigenvalue weighted by Gasteiger charge is -2.13. The topological polar surface area (TPSA) is 67.4 Å². The number of rotatable bonds is 5. The van der Waals surface area contributed by atoms with Gasteiger partial charge in [0.2, 0.25) is 0 Å². The molecule has 2 amide bonds. The second-order valence-electron chi connectivity index (χ2n) is 6.54. The average molecular weight is 471 g/mol. The zero-order valence-corrected chi connectivity index (χ0v) is 18.6. The number of ether oxygens (including phenoxy) is 1. The standard InChI is InChI=1S/C23H16Cl2N2O3S/c1-30-18-12-13(10-11-17(18)27-22(28)14-6-2-4-8-16(14)24)26-23(29)21-20(25)15-7-3-5-9-19(15)31-21/h2-12H,1H3,(H,26,29)(H,27,28). The number of halogens is 2. The summed E-state index contributed by atoms with van der Waals surface area (Å²) in [5.41, 5.74) is 1.31. The smallest absolute Gasteiger partial charge is 0.267 e. The fourth-order valence-electron chi connectivity index (χ4n) is 3.06. The third kappa shape index (κ3) is 4.37. The predicted molar refractivity (Wildman–Crippen MR) is 127 cm³/mol. The molecule has 0 atom stereocenters. The first-order valence-corrected chi connectivity index (χ1v) is 10.8. The lowest BCUT2D eigenvalue weighted by Crippen LogP contribution is -2.14. The van der Waals surface area contributed by atoms with E-state index in [9.17, 15) is 9.59 Å². The molecule has 0 saturated heterocycles. The number of anilines is 2. The second-order valence-corrected chi connectivity index (χ2v) is 8.38. The van der Waals surface area contributed by atoms with Crippen LogP contribution in [-0.2, 0) is 0 Å². The summed E-state index contributed by atoms with van der Waals surface area (Å²) in [5, 5.41) is 7.22. The van der Waals surface area contributed by atoms with Crippen molar-refractivity contribution in [3.63, 3.8) is 0 Å². The Kier molecular flexibility index (Phi) is 6.13. The molecule has 8 heteroatoms. The lowest BCUT2D eigenvalue weighted by molar-refractivity contribution is 0.102. The number of nitrogens with one attached hydrogen (secondary N) is 2. The Morgan fingerprint density at radius 1 is 0.903 bits per heavy atom. The molecule has 1 heterocycles. The molecule has 0 aliphatic carbocycles. The molecule has 2 N–H and O–H groups in total. The Hall–Kier alpha value is -3.06. The van der Waals surface area contributed by atoms with E-state index in [2.05, 4.69) is 10.6 Å². The van der Waals surface area contributed by atoms with Crippen molar-refractivity contribution in [2.24, 2.45) is 0 Å². The maximum atomic E-state index is 12.8. The first kappa shape index (κ1) is 21.2. The summed E-state index contributed by atoms with van der Waals surface area (Å²) in [4.78, 5) is 25.7. The molecule has 0 bridgehead atoms. The van der Waals surface area contributed by atoms with Gasteiger partial charge >= 0.3 is 0 Å². The van der Waals surface area contributed by atoms with Gasteiger partial charge in [-0.05, 0) is 30.3 Å². The van der Waals surface area contributed by atoms with Crippen LogP contribution in [0.3, 0.4) is 0 Å². The largest absolute Gasteiger partial charge is 0.494 e. The Balaban J connectivity index is 1.55. The van der Waals surface area contributed by atoms with E-state index in [1.54, 1.807) is 42.5 Å². The van der Waals surface area contributed by atoms with Gasteiger partial charge in [0.1, 0.15) is 10.6 Å². The molecule has 0 aliphatic heterocycles.